The van der Waals surface area contributed by atoms with E-state index in [1.54, 1.807) is 18.2 Å². The number of nitrogens with one attached hydrogen (secondary N) is 1. The van der Waals surface area contributed by atoms with Crippen LogP contribution in [0.15, 0.2) is 30.4 Å². The number of carbonyl (C=O) groups excluding carboxylic acids is 2. The molecule has 3 nitrogen and oxygen atoms in total. The Kier molecular flexibility index (Phi) is 6.67. The van der Waals surface area contributed by atoms with E-state index in [2.05, 4.69) is 24.4 Å². The standard InChI is InChI=1S/C18H21Cl2NO2/c1-2-3-4-5-16-12(6-7-17(16)22)8-18(23)21-15-10-13(19)9-14(20)11-15/h3-4,9-12,16H,2,5-8H2,1H3,(H,21,23)/b4-3-/t12-,16?/m0/s1. The van der Waals surface area contributed by atoms with Crippen molar-refractivity contribution >= 4 is 40.6 Å². The molecule has 1 unspecified atom stereocenters. The van der Waals surface area contributed by atoms with Gasteiger partial charge in [0.05, 0.1) is 0 Å². The van der Waals surface area contributed by atoms with Gasteiger partial charge in [0.2, 0.25) is 5.91 Å². The van der Waals surface area contributed by atoms with Gasteiger partial charge in [0, 0.05) is 34.5 Å². The molecule has 2 rings (SSSR count). The molecule has 1 aromatic rings. The van der Waals surface area contributed by atoms with Crippen molar-refractivity contribution in [2.24, 2.45) is 11.8 Å². The number of halogens is 2. The van der Waals surface area contributed by atoms with Gasteiger partial charge >= 0.3 is 0 Å². The summed E-state index contributed by atoms with van der Waals surface area (Å²) in [5, 5.41) is 3.77. The lowest BCUT2D eigenvalue weighted by atomic mass is 9.89. The minimum absolute atomic E-state index is 0.0356. The minimum Gasteiger partial charge on any atom is -0.326 e. The predicted molar refractivity (Wildman–Crippen MR) is 95.0 cm³/mol. The van der Waals surface area contributed by atoms with Gasteiger partial charge in [0.1, 0.15) is 5.78 Å². The highest BCUT2D eigenvalue weighted by Gasteiger charge is 2.34. The van der Waals surface area contributed by atoms with Gasteiger partial charge in [-0.25, -0.2) is 0 Å². The van der Waals surface area contributed by atoms with Crippen molar-refractivity contribution in [3.8, 4) is 0 Å². The number of allylic oxidation sites excluding steroid dienone is 2. The molecule has 1 aliphatic rings. The van der Waals surface area contributed by atoms with E-state index < -0.39 is 0 Å². The number of anilines is 1. The number of hydrogen-bond donors (Lipinski definition) is 1. The molecular formula is C18H21Cl2NO2. The van der Waals surface area contributed by atoms with Crippen molar-refractivity contribution in [1.82, 2.24) is 0 Å². The monoisotopic (exact) mass is 353 g/mol. The van der Waals surface area contributed by atoms with Crippen LogP contribution in [-0.4, -0.2) is 11.7 Å². The van der Waals surface area contributed by atoms with E-state index in [1.165, 1.54) is 0 Å². The molecular weight excluding hydrogens is 333 g/mol. The van der Waals surface area contributed by atoms with Crippen LogP contribution in [-0.2, 0) is 9.59 Å². The van der Waals surface area contributed by atoms with Crippen molar-refractivity contribution in [3.05, 3.63) is 40.4 Å². The molecule has 0 heterocycles. The topological polar surface area (TPSA) is 46.2 Å². The Labute approximate surface area is 147 Å². The van der Waals surface area contributed by atoms with Gasteiger partial charge < -0.3 is 5.32 Å². The first kappa shape index (κ1) is 18.0. The highest BCUT2D eigenvalue weighted by molar-refractivity contribution is 6.35. The number of ketones is 1. The Morgan fingerprint density at radius 3 is 2.61 bits per heavy atom. The zero-order chi connectivity index (χ0) is 16.8. The van der Waals surface area contributed by atoms with Crippen LogP contribution >= 0.6 is 23.2 Å². The van der Waals surface area contributed by atoms with E-state index >= 15 is 0 Å². The van der Waals surface area contributed by atoms with Gasteiger partial charge in [-0.3, -0.25) is 9.59 Å². The van der Waals surface area contributed by atoms with Crippen molar-refractivity contribution < 1.29 is 9.59 Å². The van der Waals surface area contributed by atoms with Gasteiger partial charge in [0.25, 0.3) is 0 Å². The Hall–Kier alpha value is -1.32. The molecule has 0 spiro atoms. The predicted octanol–water partition coefficient (Wildman–Crippen LogP) is 5.27. The van der Waals surface area contributed by atoms with E-state index in [4.69, 9.17) is 23.2 Å². The Morgan fingerprint density at radius 1 is 1.26 bits per heavy atom. The number of benzene rings is 1. The molecule has 0 saturated heterocycles. The van der Waals surface area contributed by atoms with Crippen molar-refractivity contribution in [2.45, 2.75) is 39.0 Å². The largest absolute Gasteiger partial charge is 0.326 e. The average Bonchev–Trinajstić information content (AvgIpc) is 2.79. The summed E-state index contributed by atoms with van der Waals surface area (Å²) in [6.45, 7) is 2.06. The molecule has 1 aromatic carbocycles. The number of amides is 1. The molecule has 0 aliphatic heterocycles. The summed E-state index contributed by atoms with van der Waals surface area (Å²) in [5.41, 5.74) is 0.583. The Bertz CT molecular complexity index is 593. The summed E-state index contributed by atoms with van der Waals surface area (Å²) in [6.07, 6.45) is 7.51. The molecule has 1 aliphatic carbocycles. The lowest BCUT2D eigenvalue weighted by Crippen LogP contribution is -2.21. The first-order chi connectivity index (χ1) is 11.0. The first-order valence-electron chi connectivity index (χ1n) is 7.93. The van der Waals surface area contributed by atoms with E-state index in [0.717, 1.165) is 19.3 Å². The number of Topliss-reactive ketones (excluding diaryl/α,β-unsaturated/α-hetero) is 1. The zero-order valence-corrected chi connectivity index (χ0v) is 14.7. The van der Waals surface area contributed by atoms with Crippen LogP contribution in [0, 0.1) is 11.8 Å². The third-order valence-corrected chi connectivity index (χ3v) is 4.57. The molecule has 23 heavy (non-hydrogen) atoms. The average molecular weight is 354 g/mol. The lowest BCUT2D eigenvalue weighted by Gasteiger charge is -2.16. The summed E-state index contributed by atoms with van der Waals surface area (Å²) < 4.78 is 0. The lowest BCUT2D eigenvalue weighted by molar-refractivity contribution is -0.121. The highest BCUT2D eigenvalue weighted by atomic mass is 35.5. The van der Waals surface area contributed by atoms with Crippen LogP contribution in [0.25, 0.3) is 0 Å². The van der Waals surface area contributed by atoms with Crippen LogP contribution in [0.4, 0.5) is 5.69 Å². The SMILES string of the molecule is CC/C=C\CC1C(=O)CC[C@H]1CC(=O)Nc1cc(Cl)cc(Cl)c1. The van der Waals surface area contributed by atoms with Gasteiger partial charge in [-0.1, -0.05) is 42.3 Å². The summed E-state index contributed by atoms with van der Waals surface area (Å²) in [5.74, 6) is 0.243. The van der Waals surface area contributed by atoms with Crippen LogP contribution in [0.2, 0.25) is 10.0 Å². The third kappa shape index (κ3) is 5.36. The van der Waals surface area contributed by atoms with Gasteiger partial charge in [-0.2, -0.15) is 0 Å². The first-order valence-corrected chi connectivity index (χ1v) is 8.68. The van der Waals surface area contributed by atoms with Crippen molar-refractivity contribution in [2.75, 3.05) is 5.32 Å². The Balaban J connectivity index is 1.95. The van der Waals surface area contributed by atoms with Gasteiger partial charge in [0.15, 0.2) is 0 Å². The molecule has 1 amide bonds. The molecule has 124 valence electrons. The van der Waals surface area contributed by atoms with Crippen molar-refractivity contribution in [1.29, 1.82) is 0 Å². The van der Waals surface area contributed by atoms with Gasteiger partial charge in [-0.15, -0.1) is 0 Å². The van der Waals surface area contributed by atoms with E-state index in [9.17, 15) is 9.59 Å². The highest BCUT2D eigenvalue weighted by Crippen LogP contribution is 2.34. The number of rotatable bonds is 6. The molecule has 0 bridgehead atoms. The van der Waals surface area contributed by atoms with Gasteiger partial charge in [-0.05, 0) is 43.4 Å². The van der Waals surface area contributed by atoms with E-state index in [-0.39, 0.29) is 23.5 Å². The maximum atomic E-state index is 12.2. The van der Waals surface area contributed by atoms with Crippen LogP contribution in [0.5, 0.6) is 0 Å². The second-order valence-electron chi connectivity index (χ2n) is 5.90. The zero-order valence-electron chi connectivity index (χ0n) is 13.1. The third-order valence-electron chi connectivity index (χ3n) is 4.13. The summed E-state index contributed by atoms with van der Waals surface area (Å²) in [6, 6.07) is 4.93. The maximum absolute atomic E-state index is 12.2. The van der Waals surface area contributed by atoms with E-state index in [1.807, 2.05) is 0 Å². The summed E-state index contributed by atoms with van der Waals surface area (Å²) in [7, 11) is 0. The molecule has 5 heteroatoms. The maximum Gasteiger partial charge on any atom is 0.224 e. The molecule has 1 fully saturated rings. The fraction of sp³-hybridized carbons (Fsp3) is 0.444. The molecule has 1 saturated carbocycles. The summed E-state index contributed by atoms with van der Waals surface area (Å²) >= 11 is 11.9. The van der Waals surface area contributed by atoms with E-state index in [0.29, 0.717) is 28.6 Å². The molecule has 0 aromatic heterocycles. The molecule has 2 atom stereocenters. The second-order valence-corrected chi connectivity index (χ2v) is 6.77. The Morgan fingerprint density at radius 2 is 1.96 bits per heavy atom. The van der Waals surface area contributed by atoms with Crippen LogP contribution in [0.1, 0.15) is 39.0 Å². The fourth-order valence-electron chi connectivity index (χ4n) is 3.03. The number of carbonyl (C=O) groups is 2. The van der Waals surface area contributed by atoms with Crippen molar-refractivity contribution in [3.63, 3.8) is 0 Å². The normalized spacial score (nSPS) is 21.1. The molecule has 0 radical (unpaired) electrons. The smallest absolute Gasteiger partial charge is 0.224 e. The van der Waals surface area contributed by atoms with Crippen LogP contribution in [0.3, 0.4) is 0 Å². The molecule has 1 N–H and O–H groups in total. The summed E-state index contributed by atoms with van der Waals surface area (Å²) in [4.78, 5) is 24.3. The quantitative estimate of drug-likeness (QED) is 0.707. The second kappa shape index (κ2) is 8.51. The minimum atomic E-state index is -0.104. The number of hydrogen-bond acceptors (Lipinski definition) is 2. The fourth-order valence-corrected chi connectivity index (χ4v) is 3.56. The van der Waals surface area contributed by atoms with Crippen LogP contribution < -0.4 is 5.32 Å².